The molecule has 3 nitrogen and oxygen atoms in total. The third-order valence-electron chi connectivity index (χ3n) is 3.24. The SMILES string of the molecule is Fc1ccc(Br)nc1C1(C(F)F)NOC2CC21. The average molecular weight is 309 g/mol. The predicted octanol–water partition coefficient (Wildman–Crippen LogP) is 2.37. The second-order valence-electron chi connectivity index (χ2n) is 4.23. The second kappa shape index (κ2) is 3.66. The van der Waals surface area contributed by atoms with Crippen LogP contribution in [0.3, 0.4) is 0 Å². The summed E-state index contributed by atoms with van der Waals surface area (Å²) in [7, 11) is 0. The molecular formula is C10H8BrF3N2O. The average Bonchev–Trinajstić information content (AvgIpc) is 2.97. The van der Waals surface area contributed by atoms with Crippen molar-refractivity contribution in [2.45, 2.75) is 24.5 Å². The second-order valence-corrected chi connectivity index (χ2v) is 5.05. The standard InChI is InChI=1S/C10H8BrF3N2O/c11-7-2-1-5(12)8(15-7)10(9(13)14)4-3-6(4)17-16-10/h1-2,4,6,9,16H,3H2. The third-order valence-corrected chi connectivity index (χ3v) is 3.69. The molecule has 1 aliphatic heterocycles. The number of pyridine rings is 1. The van der Waals surface area contributed by atoms with E-state index < -0.39 is 23.7 Å². The van der Waals surface area contributed by atoms with Crippen molar-refractivity contribution >= 4 is 15.9 Å². The highest BCUT2D eigenvalue weighted by Gasteiger charge is 2.67. The van der Waals surface area contributed by atoms with Gasteiger partial charge in [-0.1, -0.05) is 0 Å². The van der Waals surface area contributed by atoms with Crippen LogP contribution in [0.25, 0.3) is 0 Å². The molecule has 0 amide bonds. The summed E-state index contributed by atoms with van der Waals surface area (Å²) in [4.78, 5) is 8.85. The van der Waals surface area contributed by atoms with E-state index in [0.717, 1.165) is 6.07 Å². The summed E-state index contributed by atoms with van der Waals surface area (Å²) in [6, 6.07) is 2.49. The van der Waals surface area contributed by atoms with Gasteiger partial charge in [0, 0.05) is 5.92 Å². The Morgan fingerprint density at radius 3 is 2.82 bits per heavy atom. The molecule has 17 heavy (non-hydrogen) atoms. The number of aromatic nitrogens is 1. The summed E-state index contributed by atoms with van der Waals surface area (Å²) in [6.45, 7) is 0. The zero-order valence-electron chi connectivity index (χ0n) is 8.46. The highest BCUT2D eigenvalue weighted by atomic mass is 79.9. The van der Waals surface area contributed by atoms with Crippen LogP contribution in [-0.4, -0.2) is 17.5 Å². The molecule has 1 saturated carbocycles. The van der Waals surface area contributed by atoms with Crippen LogP contribution in [0.5, 0.6) is 0 Å². The topological polar surface area (TPSA) is 34.2 Å². The Balaban J connectivity index is 2.13. The monoisotopic (exact) mass is 308 g/mol. The Labute approximate surface area is 103 Å². The van der Waals surface area contributed by atoms with Crippen molar-refractivity contribution in [3.63, 3.8) is 0 Å². The van der Waals surface area contributed by atoms with Gasteiger partial charge >= 0.3 is 0 Å². The van der Waals surface area contributed by atoms with Gasteiger partial charge in [0.2, 0.25) is 0 Å². The van der Waals surface area contributed by atoms with Crippen molar-refractivity contribution in [2.75, 3.05) is 0 Å². The number of alkyl halides is 2. The number of nitrogens with zero attached hydrogens (tertiary/aromatic N) is 1. The Hall–Kier alpha value is -0.660. The van der Waals surface area contributed by atoms with Gasteiger partial charge < -0.3 is 0 Å². The van der Waals surface area contributed by atoms with Crippen molar-refractivity contribution in [1.29, 1.82) is 0 Å². The Kier molecular flexibility index (Phi) is 2.46. The van der Waals surface area contributed by atoms with E-state index in [1.54, 1.807) is 0 Å². The lowest BCUT2D eigenvalue weighted by atomic mass is 9.90. The van der Waals surface area contributed by atoms with Crippen molar-refractivity contribution in [2.24, 2.45) is 5.92 Å². The van der Waals surface area contributed by atoms with E-state index in [9.17, 15) is 13.2 Å². The number of fused-ring (bicyclic) bond motifs is 1. The highest BCUT2D eigenvalue weighted by Crippen LogP contribution is 2.55. The maximum atomic E-state index is 13.7. The first-order valence-electron chi connectivity index (χ1n) is 5.09. The number of hydroxylamine groups is 1. The summed E-state index contributed by atoms with van der Waals surface area (Å²) in [5, 5.41) is 0. The summed E-state index contributed by atoms with van der Waals surface area (Å²) in [5.74, 6) is -1.17. The number of hydrogen-bond donors (Lipinski definition) is 1. The van der Waals surface area contributed by atoms with Crippen LogP contribution in [0.15, 0.2) is 16.7 Å². The maximum Gasteiger partial charge on any atom is 0.264 e. The summed E-state index contributed by atoms with van der Waals surface area (Å²) < 4.78 is 40.6. The number of hydrogen-bond acceptors (Lipinski definition) is 3. The molecule has 2 heterocycles. The van der Waals surface area contributed by atoms with Crippen molar-refractivity contribution in [3.05, 3.63) is 28.2 Å². The fourth-order valence-electron chi connectivity index (χ4n) is 2.27. The van der Waals surface area contributed by atoms with Gasteiger partial charge in [0.25, 0.3) is 6.43 Å². The molecule has 3 rings (SSSR count). The Morgan fingerprint density at radius 2 is 2.29 bits per heavy atom. The minimum Gasteiger partial charge on any atom is -0.297 e. The zero-order chi connectivity index (χ0) is 12.2. The number of halogens is 4. The molecule has 2 aliphatic rings. The van der Waals surface area contributed by atoms with E-state index in [1.165, 1.54) is 6.07 Å². The lowest BCUT2D eigenvalue weighted by molar-refractivity contribution is -0.0587. The van der Waals surface area contributed by atoms with E-state index in [2.05, 4.69) is 26.4 Å². The highest BCUT2D eigenvalue weighted by molar-refractivity contribution is 9.10. The predicted molar refractivity (Wildman–Crippen MR) is 55.7 cm³/mol. The molecule has 1 aliphatic carbocycles. The molecule has 1 aromatic rings. The van der Waals surface area contributed by atoms with Gasteiger partial charge in [-0.15, -0.1) is 0 Å². The van der Waals surface area contributed by atoms with E-state index in [0.29, 0.717) is 11.0 Å². The van der Waals surface area contributed by atoms with Crippen LogP contribution < -0.4 is 5.48 Å². The quantitative estimate of drug-likeness (QED) is 0.852. The molecule has 0 aromatic carbocycles. The van der Waals surface area contributed by atoms with E-state index >= 15 is 0 Å². The molecule has 7 heteroatoms. The normalized spacial score (nSPS) is 35.1. The maximum absolute atomic E-state index is 13.7. The third kappa shape index (κ3) is 1.52. The largest absolute Gasteiger partial charge is 0.297 e. The first-order chi connectivity index (χ1) is 8.05. The van der Waals surface area contributed by atoms with E-state index in [-0.39, 0.29) is 11.8 Å². The molecule has 1 saturated heterocycles. The van der Waals surface area contributed by atoms with Gasteiger partial charge in [0.1, 0.15) is 16.1 Å². The molecule has 3 atom stereocenters. The number of rotatable bonds is 2. The first-order valence-corrected chi connectivity index (χ1v) is 5.88. The van der Waals surface area contributed by atoms with Crippen LogP contribution in [0.2, 0.25) is 0 Å². The molecular weight excluding hydrogens is 301 g/mol. The van der Waals surface area contributed by atoms with Crippen LogP contribution in [0.1, 0.15) is 12.1 Å². The van der Waals surface area contributed by atoms with Gasteiger partial charge in [0.05, 0.1) is 6.10 Å². The van der Waals surface area contributed by atoms with Crippen LogP contribution in [0, 0.1) is 11.7 Å². The summed E-state index contributed by atoms with van der Waals surface area (Å²) >= 11 is 3.06. The molecule has 2 fully saturated rings. The summed E-state index contributed by atoms with van der Waals surface area (Å²) in [6.07, 6.45) is -2.54. The van der Waals surface area contributed by atoms with Crippen molar-refractivity contribution in [3.8, 4) is 0 Å². The van der Waals surface area contributed by atoms with Gasteiger partial charge in [-0.05, 0) is 34.5 Å². The van der Waals surface area contributed by atoms with Crippen LogP contribution >= 0.6 is 15.9 Å². The lowest BCUT2D eigenvalue weighted by Gasteiger charge is -2.29. The first kappa shape index (κ1) is 11.4. The number of nitrogens with one attached hydrogen (secondary N) is 1. The molecule has 3 unspecified atom stereocenters. The van der Waals surface area contributed by atoms with Gasteiger partial charge in [-0.25, -0.2) is 18.2 Å². The molecule has 1 aromatic heterocycles. The van der Waals surface area contributed by atoms with Crippen LogP contribution in [-0.2, 0) is 10.4 Å². The fourth-order valence-corrected chi connectivity index (χ4v) is 2.58. The van der Waals surface area contributed by atoms with Gasteiger partial charge in [0.15, 0.2) is 5.54 Å². The summed E-state index contributed by atoms with van der Waals surface area (Å²) in [5.41, 5.74) is 0.174. The molecule has 0 radical (unpaired) electrons. The minimum atomic E-state index is -2.78. The Morgan fingerprint density at radius 1 is 1.53 bits per heavy atom. The van der Waals surface area contributed by atoms with E-state index in [4.69, 9.17) is 4.84 Å². The van der Waals surface area contributed by atoms with Gasteiger partial charge in [-0.2, -0.15) is 5.48 Å². The van der Waals surface area contributed by atoms with Crippen molar-refractivity contribution < 1.29 is 18.0 Å². The van der Waals surface area contributed by atoms with E-state index in [1.807, 2.05) is 0 Å². The lowest BCUT2D eigenvalue weighted by Crippen LogP contribution is -2.48. The van der Waals surface area contributed by atoms with Gasteiger partial charge in [-0.3, -0.25) is 4.84 Å². The Bertz CT molecular complexity index is 473. The molecule has 0 bridgehead atoms. The minimum absolute atomic E-state index is 0.260. The smallest absolute Gasteiger partial charge is 0.264 e. The zero-order valence-corrected chi connectivity index (χ0v) is 10.0. The van der Waals surface area contributed by atoms with Crippen LogP contribution in [0.4, 0.5) is 13.2 Å². The molecule has 0 spiro atoms. The molecule has 92 valence electrons. The molecule has 1 N–H and O–H groups in total. The van der Waals surface area contributed by atoms with Crippen molar-refractivity contribution in [1.82, 2.24) is 10.5 Å². The fraction of sp³-hybridized carbons (Fsp3) is 0.500.